The number of hydrogen-bond donors (Lipinski definition) is 1. The Labute approximate surface area is 207 Å². The van der Waals surface area contributed by atoms with Crippen LogP contribution in [0.2, 0.25) is 5.02 Å². The molecule has 2 aromatic heterocycles. The molecule has 0 saturated heterocycles. The van der Waals surface area contributed by atoms with E-state index < -0.39 is 23.7 Å². The Bertz CT molecular complexity index is 1280. The molecule has 2 heterocycles. The zero-order chi connectivity index (χ0) is 25.9. The number of nitrogens with zero attached hydrogens (tertiary/aromatic N) is 3. The summed E-state index contributed by atoms with van der Waals surface area (Å²) in [5, 5.41) is 7.01. The number of benzene rings is 1. The summed E-state index contributed by atoms with van der Waals surface area (Å²) >= 11 is 9.05. The van der Waals surface area contributed by atoms with Gasteiger partial charge in [-0.2, -0.15) is 31.4 Å². The van der Waals surface area contributed by atoms with Crippen molar-refractivity contribution in [3.63, 3.8) is 0 Å². The molecule has 0 unspecified atom stereocenters. The van der Waals surface area contributed by atoms with Crippen molar-refractivity contribution < 1.29 is 35.5 Å². The summed E-state index contributed by atoms with van der Waals surface area (Å²) in [6, 6.07) is 5.05. The van der Waals surface area contributed by atoms with Gasteiger partial charge in [-0.25, -0.2) is 9.07 Å². The van der Waals surface area contributed by atoms with Crippen molar-refractivity contribution in [3.05, 3.63) is 57.4 Å². The fourth-order valence-electron chi connectivity index (χ4n) is 3.56. The molecule has 0 spiro atoms. The number of carbonyl (C=O) groups excluding carboxylic acids is 1. The van der Waals surface area contributed by atoms with E-state index >= 15 is 0 Å². The highest BCUT2D eigenvalue weighted by Gasteiger charge is 2.75. The summed E-state index contributed by atoms with van der Waals surface area (Å²) in [6.45, 7) is 0. The number of nitrogens with one attached hydrogen (secondary N) is 1. The molecule has 35 heavy (non-hydrogen) atoms. The molecule has 188 valence electrons. The van der Waals surface area contributed by atoms with Crippen LogP contribution in [0, 0.1) is 0 Å². The Morgan fingerprint density at radius 3 is 2.29 bits per heavy atom. The van der Waals surface area contributed by atoms with Crippen molar-refractivity contribution in [1.29, 1.82) is 0 Å². The van der Waals surface area contributed by atoms with Crippen LogP contribution in [-0.4, -0.2) is 38.6 Å². The van der Waals surface area contributed by atoms with Gasteiger partial charge in [0.1, 0.15) is 5.82 Å². The lowest BCUT2D eigenvalue weighted by atomic mass is 10.0. The number of halogens is 9. The molecule has 1 aliphatic carbocycles. The fourth-order valence-corrected chi connectivity index (χ4v) is 4.43. The fraction of sp³-hybridized carbons (Fsp3) is 0.333. The van der Waals surface area contributed by atoms with Crippen molar-refractivity contribution in [2.24, 2.45) is 7.05 Å². The van der Waals surface area contributed by atoms with Crippen LogP contribution in [0.4, 0.5) is 30.7 Å². The molecule has 0 radical (unpaired) electrons. The van der Waals surface area contributed by atoms with Crippen LogP contribution in [0.15, 0.2) is 41.1 Å². The first kappa shape index (κ1) is 25.5. The Kier molecular flexibility index (Phi) is 6.23. The average molecular weight is 588 g/mol. The molecule has 0 bridgehead atoms. The third-order valence-electron chi connectivity index (χ3n) is 5.55. The normalized spacial score (nSPS) is 14.9. The van der Waals surface area contributed by atoms with E-state index in [0.29, 0.717) is 21.8 Å². The molecule has 5 nitrogen and oxygen atoms in total. The van der Waals surface area contributed by atoms with Crippen LogP contribution in [-0.2, 0) is 12.7 Å². The topological polar surface area (TPSA) is 51.9 Å². The van der Waals surface area contributed by atoms with E-state index in [1.807, 2.05) is 0 Å². The van der Waals surface area contributed by atoms with Crippen LogP contribution >= 0.6 is 27.5 Å². The van der Waals surface area contributed by atoms with Crippen LogP contribution in [0.3, 0.4) is 0 Å². The molecule has 1 saturated carbocycles. The van der Waals surface area contributed by atoms with Crippen LogP contribution in [0.5, 0.6) is 0 Å². The van der Waals surface area contributed by atoms with Crippen molar-refractivity contribution in [3.8, 4) is 16.9 Å². The number of alkyl halides is 7. The van der Waals surface area contributed by atoms with Crippen molar-refractivity contribution >= 4 is 33.4 Å². The standard InChI is InChI=1S/C21H15BrClF7N4O/c1-33-16(19(24,20(25,26)27)21(28,29)30)7-14(22)18(33)34-9-11(8-31-34)10-2-5-15(23)13(6-10)17(35)32-12-3-4-12/h2,5-9,12H,3-4H2,1H3,(H,32,35). The zero-order valence-electron chi connectivity index (χ0n) is 17.6. The lowest BCUT2D eigenvalue weighted by Crippen LogP contribution is -2.51. The van der Waals surface area contributed by atoms with Gasteiger partial charge in [-0.05, 0) is 52.5 Å². The lowest BCUT2D eigenvalue weighted by Gasteiger charge is -2.30. The Balaban J connectivity index is 1.74. The van der Waals surface area contributed by atoms with Gasteiger partial charge in [-0.15, -0.1) is 0 Å². The number of carbonyl (C=O) groups is 1. The number of amides is 1. The first-order chi connectivity index (χ1) is 16.1. The maximum atomic E-state index is 14.7. The summed E-state index contributed by atoms with van der Waals surface area (Å²) in [5.41, 5.74) is -6.22. The molecule has 1 aliphatic rings. The predicted octanol–water partition coefficient (Wildman–Crippen LogP) is 6.48. The maximum absolute atomic E-state index is 14.7. The smallest absolute Gasteiger partial charge is 0.349 e. The van der Waals surface area contributed by atoms with E-state index in [-0.39, 0.29) is 32.8 Å². The number of rotatable bonds is 5. The Hall–Kier alpha value is -2.54. The number of hydrogen-bond acceptors (Lipinski definition) is 2. The van der Waals surface area contributed by atoms with Crippen molar-refractivity contribution in [2.75, 3.05) is 0 Å². The third-order valence-corrected chi connectivity index (χ3v) is 6.46. The SMILES string of the molecule is Cn1c(C(F)(C(F)(F)F)C(F)(F)F)cc(Br)c1-n1cc(-c2ccc(Cl)c(C(=O)NC3CC3)c2)cn1. The molecule has 1 N–H and O–H groups in total. The predicted molar refractivity (Wildman–Crippen MR) is 116 cm³/mol. The van der Waals surface area contributed by atoms with Gasteiger partial charge in [0.15, 0.2) is 0 Å². The molecular formula is C21H15BrClF7N4O. The average Bonchev–Trinajstić information content (AvgIpc) is 3.33. The minimum Gasteiger partial charge on any atom is -0.349 e. The van der Waals surface area contributed by atoms with Gasteiger partial charge in [-0.3, -0.25) is 4.79 Å². The Morgan fingerprint density at radius 1 is 1.09 bits per heavy atom. The van der Waals surface area contributed by atoms with E-state index in [9.17, 15) is 35.5 Å². The zero-order valence-corrected chi connectivity index (χ0v) is 19.9. The summed E-state index contributed by atoms with van der Waals surface area (Å²) in [5.74, 6) is -0.650. The van der Waals surface area contributed by atoms with E-state index in [0.717, 1.165) is 24.6 Å². The molecule has 1 amide bonds. The van der Waals surface area contributed by atoms with E-state index in [1.165, 1.54) is 24.5 Å². The van der Waals surface area contributed by atoms with Gasteiger partial charge in [0.05, 0.1) is 26.9 Å². The largest absolute Gasteiger partial charge is 0.437 e. The van der Waals surface area contributed by atoms with Crippen LogP contribution < -0.4 is 5.32 Å². The van der Waals surface area contributed by atoms with Gasteiger partial charge in [0, 0.05) is 24.8 Å². The van der Waals surface area contributed by atoms with E-state index in [2.05, 4.69) is 26.3 Å². The van der Waals surface area contributed by atoms with Crippen molar-refractivity contribution in [2.45, 2.75) is 36.9 Å². The van der Waals surface area contributed by atoms with Gasteiger partial charge in [0.2, 0.25) is 0 Å². The van der Waals surface area contributed by atoms with Gasteiger partial charge < -0.3 is 9.88 Å². The molecular weight excluding hydrogens is 573 g/mol. The summed E-state index contributed by atoms with van der Waals surface area (Å²) < 4.78 is 95.4. The molecule has 0 atom stereocenters. The first-order valence-corrected chi connectivity index (χ1v) is 11.2. The molecule has 3 aromatic rings. The van der Waals surface area contributed by atoms with Crippen molar-refractivity contribution in [1.82, 2.24) is 19.7 Å². The summed E-state index contributed by atoms with van der Waals surface area (Å²) in [4.78, 5) is 12.4. The monoisotopic (exact) mass is 586 g/mol. The van der Waals surface area contributed by atoms with Gasteiger partial charge in [0.25, 0.3) is 5.91 Å². The van der Waals surface area contributed by atoms with Gasteiger partial charge >= 0.3 is 18.0 Å². The first-order valence-electron chi connectivity index (χ1n) is 9.99. The second-order valence-corrected chi connectivity index (χ2v) is 9.29. The second-order valence-electron chi connectivity index (χ2n) is 8.03. The molecule has 4 rings (SSSR count). The minimum atomic E-state index is -6.26. The van der Waals surface area contributed by atoms with E-state index in [4.69, 9.17) is 11.6 Å². The maximum Gasteiger partial charge on any atom is 0.437 e. The van der Waals surface area contributed by atoms with Gasteiger partial charge in [-0.1, -0.05) is 17.7 Å². The van der Waals surface area contributed by atoms with Crippen LogP contribution in [0.25, 0.3) is 16.9 Å². The lowest BCUT2D eigenvalue weighted by molar-refractivity contribution is -0.350. The third kappa shape index (κ3) is 4.44. The molecule has 14 heteroatoms. The number of aromatic nitrogens is 3. The summed E-state index contributed by atoms with van der Waals surface area (Å²) in [7, 11) is 0.866. The highest BCUT2D eigenvalue weighted by atomic mass is 79.9. The second kappa shape index (κ2) is 8.54. The van der Waals surface area contributed by atoms with E-state index in [1.54, 1.807) is 6.07 Å². The van der Waals surface area contributed by atoms with Crippen LogP contribution in [0.1, 0.15) is 28.9 Å². The highest BCUT2D eigenvalue weighted by Crippen LogP contribution is 2.54. The highest BCUT2D eigenvalue weighted by molar-refractivity contribution is 9.10. The molecule has 1 fully saturated rings. The molecule has 0 aliphatic heterocycles. The quantitative estimate of drug-likeness (QED) is 0.348. The minimum absolute atomic E-state index is 0.0879. The Morgan fingerprint density at radius 2 is 1.71 bits per heavy atom. The molecule has 1 aromatic carbocycles. The summed E-state index contributed by atoms with van der Waals surface area (Å²) in [6.07, 6.45) is -8.18.